The summed E-state index contributed by atoms with van der Waals surface area (Å²) in [6.45, 7) is 5.55. The van der Waals surface area contributed by atoms with Crippen LogP contribution in [-0.2, 0) is 14.3 Å². The van der Waals surface area contributed by atoms with Gasteiger partial charge >= 0.3 is 5.97 Å². The smallest absolute Gasteiger partial charge is 0.306 e. The number of benzene rings is 1. The summed E-state index contributed by atoms with van der Waals surface area (Å²) in [6, 6.07) is 5.86. The largest absolute Gasteiger partial charge is 0.453 e. The van der Waals surface area contributed by atoms with Crippen molar-refractivity contribution in [3.8, 4) is 0 Å². The highest BCUT2D eigenvalue weighted by Gasteiger charge is 2.40. The van der Waals surface area contributed by atoms with Crippen LogP contribution in [0.15, 0.2) is 18.2 Å². The third kappa shape index (κ3) is 3.63. The van der Waals surface area contributed by atoms with Gasteiger partial charge in [0.05, 0.1) is 0 Å². The Bertz CT molecular complexity index is 620. The minimum absolute atomic E-state index is 0.239. The summed E-state index contributed by atoms with van der Waals surface area (Å²) in [4.78, 5) is 24.5. The lowest BCUT2D eigenvalue weighted by Crippen LogP contribution is -2.31. The van der Waals surface area contributed by atoms with Crippen LogP contribution in [0.3, 0.4) is 0 Å². The molecule has 3 rings (SSSR count). The van der Waals surface area contributed by atoms with Crippen molar-refractivity contribution in [1.82, 2.24) is 0 Å². The van der Waals surface area contributed by atoms with Crippen molar-refractivity contribution in [1.29, 1.82) is 0 Å². The van der Waals surface area contributed by atoms with E-state index in [4.69, 9.17) is 4.74 Å². The van der Waals surface area contributed by atoms with E-state index in [1.165, 1.54) is 19.3 Å². The third-order valence-electron chi connectivity index (χ3n) is 5.72. The van der Waals surface area contributed by atoms with Crippen LogP contribution in [-0.4, -0.2) is 18.0 Å². The van der Waals surface area contributed by atoms with Gasteiger partial charge in [-0.2, -0.15) is 0 Å². The number of aryl methyl sites for hydroxylation is 2. The highest BCUT2D eigenvalue weighted by atomic mass is 16.5. The van der Waals surface area contributed by atoms with Crippen LogP contribution in [0.2, 0.25) is 0 Å². The molecule has 0 radical (unpaired) electrons. The Hall–Kier alpha value is -1.84. The number of fused-ring (bicyclic) bond motifs is 2. The number of hydrogen-bond donors (Lipinski definition) is 1. The van der Waals surface area contributed by atoms with Gasteiger partial charge in [0.2, 0.25) is 0 Å². The van der Waals surface area contributed by atoms with Gasteiger partial charge < -0.3 is 10.1 Å². The Morgan fingerprint density at radius 1 is 1.21 bits per heavy atom. The van der Waals surface area contributed by atoms with E-state index >= 15 is 0 Å². The molecule has 2 aliphatic carbocycles. The van der Waals surface area contributed by atoms with E-state index in [0.29, 0.717) is 18.3 Å². The second-order valence-electron chi connectivity index (χ2n) is 7.53. The van der Waals surface area contributed by atoms with Gasteiger partial charge in [-0.15, -0.1) is 0 Å². The normalized spacial score (nSPS) is 26.2. The van der Waals surface area contributed by atoms with Crippen molar-refractivity contribution >= 4 is 17.6 Å². The maximum atomic E-state index is 12.3. The summed E-state index contributed by atoms with van der Waals surface area (Å²) in [7, 11) is 0. The second kappa shape index (κ2) is 6.96. The summed E-state index contributed by atoms with van der Waals surface area (Å²) in [5.74, 6) is 1.47. The SMILES string of the molecule is Cc1cccc(C)c1NC(=O)C(C)OC(=O)CC1CC2CCC1C2. The van der Waals surface area contributed by atoms with Crippen LogP contribution >= 0.6 is 0 Å². The van der Waals surface area contributed by atoms with Crippen LogP contribution in [0.5, 0.6) is 0 Å². The van der Waals surface area contributed by atoms with Gasteiger partial charge in [-0.25, -0.2) is 0 Å². The lowest BCUT2D eigenvalue weighted by molar-refractivity contribution is -0.154. The molecule has 4 unspecified atom stereocenters. The first-order valence-corrected chi connectivity index (χ1v) is 9.00. The Balaban J connectivity index is 1.51. The first-order valence-electron chi connectivity index (χ1n) is 9.00. The first kappa shape index (κ1) is 17.0. The maximum Gasteiger partial charge on any atom is 0.306 e. The molecule has 2 fully saturated rings. The zero-order chi connectivity index (χ0) is 17.3. The molecule has 2 aliphatic rings. The lowest BCUT2D eigenvalue weighted by atomic mass is 9.86. The van der Waals surface area contributed by atoms with E-state index < -0.39 is 6.10 Å². The number of amides is 1. The zero-order valence-corrected chi connectivity index (χ0v) is 14.8. The van der Waals surface area contributed by atoms with Crippen molar-refractivity contribution in [2.24, 2.45) is 17.8 Å². The summed E-state index contributed by atoms with van der Waals surface area (Å²) in [5, 5.41) is 2.89. The Labute approximate surface area is 144 Å². The van der Waals surface area contributed by atoms with Crippen molar-refractivity contribution in [2.45, 2.75) is 59.0 Å². The van der Waals surface area contributed by atoms with Gasteiger partial charge in [0.15, 0.2) is 6.10 Å². The second-order valence-corrected chi connectivity index (χ2v) is 7.53. The summed E-state index contributed by atoms with van der Waals surface area (Å²) in [6.07, 6.45) is 4.71. The number of hydrogen-bond acceptors (Lipinski definition) is 3. The van der Waals surface area contributed by atoms with E-state index in [2.05, 4.69) is 5.32 Å². The van der Waals surface area contributed by atoms with Gasteiger partial charge in [-0.1, -0.05) is 24.6 Å². The number of esters is 1. The maximum absolute atomic E-state index is 12.3. The zero-order valence-electron chi connectivity index (χ0n) is 14.8. The van der Waals surface area contributed by atoms with Crippen LogP contribution in [0.1, 0.15) is 50.2 Å². The average molecular weight is 329 g/mol. The molecule has 1 N–H and O–H groups in total. The van der Waals surface area contributed by atoms with E-state index in [-0.39, 0.29) is 11.9 Å². The molecule has 4 nitrogen and oxygen atoms in total. The van der Waals surface area contributed by atoms with E-state index in [1.54, 1.807) is 6.92 Å². The highest BCUT2D eigenvalue weighted by Crippen LogP contribution is 2.49. The van der Waals surface area contributed by atoms with E-state index in [1.807, 2.05) is 32.0 Å². The standard InChI is InChI=1S/C20H27NO3/c1-12-5-4-6-13(2)19(12)21-20(23)14(3)24-18(22)11-17-10-15-7-8-16(17)9-15/h4-6,14-17H,7-11H2,1-3H3,(H,21,23). The molecule has 2 bridgehead atoms. The topological polar surface area (TPSA) is 55.4 Å². The van der Waals surface area contributed by atoms with Gasteiger partial charge in [0.25, 0.3) is 5.91 Å². The number of nitrogens with one attached hydrogen (secondary N) is 1. The lowest BCUT2D eigenvalue weighted by Gasteiger charge is -2.22. The van der Waals surface area contributed by atoms with Crippen molar-refractivity contribution in [3.63, 3.8) is 0 Å². The molecule has 4 atom stereocenters. The number of anilines is 1. The van der Waals surface area contributed by atoms with E-state index in [9.17, 15) is 9.59 Å². The number of rotatable bonds is 5. The van der Waals surface area contributed by atoms with Crippen LogP contribution in [0, 0.1) is 31.6 Å². The molecule has 1 amide bonds. The van der Waals surface area contributed by atoms with Gasteiger partial charge in [-0.3, -0.25) is 9.59 Å². The first-order chi connectivity index (χ1) is 11.4. The Morgan fingerprint density at radius 3 is 2.50 bits per heavy atom. The molecular weight excluding hydrogens is 302 g/mol. The minimum Gasteiger partial charge on any atom is -0.453 e. The predicted octanol–water partition coefficient (Wildman–Crippen LogP) is 4.00. The Morgan fingerprint density at radius 2 is 1.92 bits per heavy atom. The molecule has 130 valence electrons. The molecule has 0 saturated heterocycles. The Kier molecular flexibility index (Phi) is 4.93. The molecule has 0 spiro atoms. The van der Waals surface area contributed by atoms with Crippen LogP contribution in [0.25, 0.3) is 0 Å². The molecule has 0 aliphatic heterocycles. The fourth-order valence-corrected chi connectivity index (χ4v) is 4.38. The van der Waals surface area contributed by atoms with Gasteiger partial charge in [0.1, 0.15) is 0 Å². The summed E-state index contributed by atoms with van der Waals surface area (Å²) < 4.78 is 5.38. The molecule has 1 aromatic carbocycles. The molecule has 0 heterocycles. The van der Waals surface area contributed by atoms with Crippen molar-refractivity contribution in [3.05, 3.63) is 29.3 Å². The van der Waals surface area contributed by atoms with E-state index in [0.717, 1.165) is 29.2 Å². The average Bonchev–Trinajstić information content (AvgIpc) is 3.13. The summed E-state index contributed by atoms with van der Waals surface area (Å²) in [5.41, 5.74) is 2.81. The van der Waals surface area contributed by atoms with Crippen molar-refractivity contribution < 1.29 is 14.3 Å². The molecule has 2 saturated carbocycles. The van der Waals surface area contributed by atoms with Crippen LogP contribution < -0.4 is 5.32 Å². The minimum atomic E-state index is -0.768. The van der Waals surface area contributed by atoms with Gasteiger partial charge in [0, 0.05) is 12.1 Å². The predicted molar refractivity (Wildman–Crippen MR) is 93.7 cm³/mol. The van der Waals surface area contributed by atoms with Crippen molar-refractivity contribution in [2.75, 3.05) is 5.32 Å². The number of ether oxygens (including phenoxy) is 1. The number of carbonyl (C=O) groups is 2. The quantitative estimate of drug-likeness (QED) is 0.831. The number of para-hydroxylation sites is 1. The molecule has 0 aromatic heterocycles. The highest BCUT2D eigenvalue weighted by molar-refractivity contribution is 5.96. The third-order valence-corrected chi connectivity index (χ3v) is 5.72. The fraction of sp³-hybridized carbons (Fsp3) is 0.600. The van der Waals surface area contributed by atoms with Crippen LogP contribution in [0.4, 0.5) is 5.69 Å². The summed E-state index contributed by atoms with van der Waals surface area (Å²) >= 11 is 0. The monoisotopic (exact) mass is 329 g/mol. The molecule has 4 heteroatoms. The fourth-order valence-electron chi connectivity index (χ4n) is 4.38. The molecule has 24 heavy (non-hydrogen) atoms. The molecular formula is C20H27NO3. The van der Waals surface area contributed by atoms with Gasteiger partial charge in [-0.05, 0) is 68.9 Å². The molecule has 1 aromatic rings. The number of carbonyl (C=O) groups excluding carboxylic acids is 2.